The number of halogens is 1. The summed E-state index contributed by atoms with van der Waals surface area (Å²) in [5.41, 5.74) is 1.35. The molecule has 28 heavy (non-hydrogen) atoms. The van der Waals surface area contributed by atoms with Gasteiger partial charge in [-0.3, -0.25) is 9.59 Å². The molecule has 0 aromatic heterocycles. The zero-order valence-corrected chi connectivity index (χ0v) is 16.9. The van der Waals surface area contributed by atoms with E-state index in [0.717, 1.165) is 11.3 Å². The number of rotatable bonds is 9. The Hall–Kier alpha value is -2.73. The summed E-state index contributed by atoms with van der Waals surface area (Å²) in [7, 11) is 1.60. The number of hydrogen-bond acceptors (Lipinski definition) is 5. The highest BCUT2D eigenvalue weighted by Gasteiger charge is 2.18. The Morgan fingerprint density at radius 1 is 1.11 bits per heavy atom. The van der Waals surface area contributed by atoms with Crippen LogP contribution >= 0.6 is 11.6 Å². The molecule has 0 unspecified atom stereocenters. The molecule has 0 fully saturated rings. The van der Waals surface area contributed by atoms with Crippen LogP contribution < -0.4 is 14.8 Å². The molecule has 2 rings (SSSR count). The Morgan fingerprint density at radius 2 is 1.79 bits per heavy atom. The third-order valence-electron chi connectivity index (χ3n) is 4.06. The van der Waals surface area contributed by atoms with Crippen molar-refractivity contribution in [2.75, 3.05) is 19.0 Å². The third-order valence-corrected chi connectivity index (χ3v) is 4.47. The fourth-order valence-corrected chi connectivity index (χ4v) is 2.54. The standard InChI is InChI=1S/C21H24ClNO5/c1-14-18(22)6-4-7-19(14)23-21(25)15(2)28-20(24)8-5-13-27-17-11-9-16(26-3)10-12-17/h4,6-7,9-12,15H,5,8,13H2,1-3H3,(H,23,25)/t15-/m0/s1. The largest absolute Gasteiger partial charge is 0.497 e. The maximum absolute atomic E-state index is 12.2. The Morgan fingerprint density at radius 3 is 2.46 bits per heavy atom. The maximum atomic E-state index is 12.2. The van der Waals surface area contributed by atoms with Gasteiger partial charge < -0.3 is 19.5 Å². The minimum atomic E-state index is -0.909. The van der Waals surface area contributed by atoms with E-state index in [0.29, 0.717) is 29.5 Å². The average Bonchev–Trinajstić information content (AvgIpc) is 2.69. The summed E-state index contributed by atoms with van der Waals surface area (Å²) in [5.74, 6) is 0.576. The average molecular weight is 406 g/mol. The summed E-state index contributed by atoms with van der Waals surface area (Å²) in [6, 6.07) is 12.4. The number of hydrogen-bond donors (Lipinski definition) is 1. The van der Waals surface area contributed by atoms with Crippen LogP contribution in [0.3, 0.4) is 0 Å². The molecular formula is C21H24ClNO5. The van der Waals surface area contributed by atoms with Gasteiger partial charge in [0.05, 0.1) is 13.7 Å². The maximum Gasteiger partial charge on any atom is 0.306 e. The minimum absolute atomic E-state index is 0.157. The SMILES string of the molecule is COc1ccc(OCCCC(=O)O[C@@H](C)C(=O)Nc2cccc(Cl)c2C)cc1. The second-order valence-electron chi connectivity index (χ2n) is 6.16. The van der Waals surface area contributed by atoms with Crippen LogP contribution in [0, 0.1) is 6.92 Å². The van der Waals surface area contributed by atoms with Crippen molar-refractivity contribution in [1.29, 1.82) is 0 Å². The van der Waals surface area contributed by atoms with Gasteiger partial charge in [-0.1, -0.05) is 17.7 Å². The van der Waals surface area contributed by atoms with E-state index >= 15 is 0 Å². The van der Waals surface area contributed by atoms with Crippen LogP contribution in [0.2, 0.25) is 5.02 Å². The normalized spacial score (nSPS) is 11.4. The van der Waals surface area contributed by atoms with Crippen molar-refractivity contribution in [3.63, 3.8) is 0 Å². The highest BCUT2D eigenvalue weighted by atomic mass is 35.5. The lowest BCUT2D eigenvalue weighted by Crippen LogP contribution is -2.30. The van der Waals surface area contributed by atoms with Gasteiger partial charge >= 0.3 is 5.97 Å². The number of methoxy groups -OCH3 is 1. The van der Waals surface area contributed by atoms with Crippen molar-refractivity contribution < 1.29 is 23.8 Å². The van der Waals surface area contributed by atoms with Crippen LogP contribution in [-0.2, 0) is 14.3 Å². The van der Waals surface area contributed by atoms with Crippen LogP contribution in [0.1, 0.15) is 25.3 Å². The lowest BCUT2D eigenvalue weighted by atomic mass is 10.2. The van der Waals surface area contributed by atoms with Crippen molar-refractivity contribution in [3.05, 3.63) is 53.1 Å². The zero-order chi connectivity index (χ0) is 20.5. The third kappa shape index (κ3) is 6.46. The fraction of sp³-hybridized carbons (Fsp3) is 0.333. The molecule has 0 aliphatic rings. The molecule has 0 saturated carbocycles. The van der Waals surface area contributed by atoms with Gasteiger partial charge in [0.1, 0.15) is 11.5 Å². The minimum Gasteiger partial charge on any atom is -0.497 e. The first-order valence-electron chi connectivity index (χ1n) is 8.93. The second kappa shape index (κ2) is 10.6. The van der Waals surface area contributed by atoms with E-state index in [9.17, 15) is 9.59 Å². The van der Waals surface area contributed by atoms with Crippen LogP contribution in [0.25, 0.3) is 0 Å². The molecule has 150 valence electrons. The van der Waals surface area contributed by atoms with Gasteiger partial charge in [0, 0.05) is 17.1 Å². The molecule has 0 saturated heterocycles. The van der Waals surface area contributed by atoms with E-state index in [1.165, 1.54) is 6.92 Å². The monoisotopic (exact) mass is 405 g/mol. The molecule has 0 aliphatic heterocycles. The Bertz CT molecular complexity index is 807. The molecular weight excluding hydrogens is 382 g/mol. The lowest BCUT2D eigenvalue weighted by molar-refractivity contribution is -0.153. The number of anilines is 1. The highest BCUT2D eigenvalue weighted by molar-refractivity contribution is 6.31. The summed E-state index contributed by atoms with van der Waals surface area (Å²) in [5, 5.41) is 3.27. The Kier molecular flexibility index (Phi) is 8.14. The molecule has 0 aliphatic carbocycles. The van der Waals surface area contributed by atoms with Crippen LogP contribution in [0.4, 0.5) is 5.69 Å². The number of carbonyl (C=O) groups excluding carboxylic acids is 2. The molecule has 1 amide bonds. The topological polar surface area (TPSA) is 73.9 Å². The molecule has 2 aromatic rings. The summed E-state index contributed by atoms with van der Waals surface area (Å²) in [6.45, 7) is 3.70. The lowest BCUT2D eigenvalue weighted by Gasteiger charge is -2.15. The van der Waals surface area contributed by atoms with E-state index in [4.69, 9.17) is 25.8 Å². The van der Waals surface area contributed by atoms with Crippen molar-refractivity contribution in [1.82, 2.24) is 0 Å². The number of ether oxygens (including phenoxy) is 3. The number of benzene rings is 2. The van der Waals surface area contributed by atoms with Gasteiger partial charge in [-0.15, -0.1) is 0 Å². The highest BCUT2D eigenvalue weighted by Crippen LogP contribution is 2.23. The van der Waals surface area contributed by atoms with Gasteiger partial charge in [-0.25, -0.2) is 0 Å². The number of amides is 1. The molecule has 2 aromatic carbocycles. The summed E-state index contributed by atoms with van der Waals surface area (Å²) in [6.07, 6.45) is -0.273. The predicted octanol–water partition coefficient (Wildman–Crippen LogP) is 4.39. The Labute approximate surface area is 169 Å². The van der Waals surface area contributed by atoms with Gasteiger partial charge in [0.25, 0.3) is 5.91 Å². The number of carbonyl (C=O) groups is 2. The van der Waals surface area contributed by atoms with Crippen molar-refractivity contribution in [2.45, 2.75) is 32.8 Å². The first kappa shape index (κ1) is 21.6. The molecule has 0 bridgehead atoms. The molecule has 7 heteroatoms. The molecule has 0 heterocycles. The summed E-state index contributed by atoms with van der Waals surface area (Å²) >= 11 is 6.04. The van der Waals surface area contributed by atoms with Gasteiger partial charge in [0.2, 0.25) is 0 Å². The van der Waals surface area contributed by atoms with E-state index in [2.05, 4.69) is 5.32 Å². The van der Waals surface area contributed by atoms with Crippen LogP contribution in [0.5, 0.6) is 11.5 Å². The molecule has 1 N–H and O–H groups in total. The van der Waals surface area contributed by atoms with Gasteiger partial charge in [-0.2, -0.15) is 0 Å². The van der Waals surface area contributed by atoms with Crippen molar-refractivity contribution in [3.8, 4) is 11.5 Å². The molecule has 0 spiro atoms. The molecule has 0 radical (unpaired) electrons. The predicted molar refractivity (Wildman–Crippen MR) is 108 cm³/mol. The molecule has 6 nitrogen and oxygen atoms in total. The van der Waals surface area contributed by atoms with Crippen molar-refractivity contribution >= 4 is 29.2 Å². The second-order valence-corrected chi connectivity index (χ2v) is 6.57. The summed E-state index contributed by atoms with van der Waals surface area (Å²) in [4.78, 5) is 24.1. The first-order chi connectivity index (χ1) is 13.4. The van der Waals surface area contributed by atoms with E-state index in [1.54, 1.807) is 56.5 Å². The van der Waals surface area contributed by atoms with Gasteiger partial charge in [-0.05, 0) is 62.2 Å². The fourth-order valence-electron chi connectivity index (χ4n) is 2.37. The first-order valence-corrected chi connectivity index (χ1v) is 9.31. The van der Waals surface area contributed by atoms with Crippen LogP contribution in [-0.4, -0.2) is 31.7 Å². The van der Waals surface area contributed by atoms with Gasteiger partial charge in [0.15, 0.2) is 6.10 Å². The van der Waals surface area contributed by atoms with Crippen molar-refractivity contribution in [2.24, 2.45) is 0 Å². The molecule has 1 atom stereocenters. The quantitative estimate of drug-likeness (QED) is 0.494. The summed E-state index contributed by atoms with van der Waals surface area (Å²) < 4.78 is 15.8. The van der Waals surface area contributed by atoms with E-state index in [-0.39, 0.29) is 6.42 Å². The zero-order valence-electron chi connectivity index (χ0n) is 16.2. The smallest absolute Gasteiger partial charge is 0.306 e. The van der Waals surface area contributed by atoms with Crippen LogP contribution in [0.15, 0.2) is 42.5 Å². The van der Waals surface area contributed by atoms with E-state index in [1.807, 2.05) is 0 Å². The van der Waals surface area contributed by atoms with E-state index < -0.39 is 18.0 Å². The number of esters is 1. The number of nitrogens with one attached hydrogen (secondary N) is 1. The Balaban J connectivity index is 1.71.